The maximum atomic E-state index is 14.1. The summed E-state index contributed by atoms with van der Waals surface area (Å²) in [6.45, 7) is 7.14. The first-order valence-electron chi connectivity index (χ1n) is 6.92. The number of hydrogen-bond acceptors (Lipinski definition) is 3. The van der Waals surface area contributed by atoms with E-state index in [1.54, 1.807) is 7.05 Å². The van der Waals surface area contributed by atoms with Crippen molar-refractivity contribution >= 4 is 0 Å². The SMILES string of the molecule is CNC(c1ccc(F)cc1F)C(C)(C)N1CCOCC1. The molecular formula is C15H22F2N2O. The van der Waals surface area contributed by atoms with Gasteiger partial charge in [0.25, 0.3) is 0 Å². The molecule has 1 aromatic rings. The van der Waals surface area contributed by atoms with Gasteiger partial charge in [-0.25, -0.2) is 8.78 Å². The van der Waals surface area contributed by atoms with Crippen molar-refractivity contribution in [3.63, 3.8) is 0 Å². The van der Waals surface area contributed by atoms with Gasteiger partial charge in [-0.15, -0.1) is 0 Å². The maximum Gasteiger partial charge on any atom is 0.130 e. The zero-order chi connectivity index (χ0) is 14.8. The largest absolute Gasteiger partial charge is 0.379 e. The minimum atomic E-state index is -0.551. The number of nitrogens with one attached hydrogen (secondary N) is 1. The van der Waals surface area contributed by atoms with Gasteiger partial charge in [0.2, 0.25) is 0 Å². The number of halogens is 2. The monoisotopic (exact) mass is 284 g/mol. The van der Waals surface area contributed by atoms with Gasteiger partial charge < -0.3 is 10.1 Å². The molecule has 20 heavy (non-hydrogen) atoms. The zero-order valence-corrected chi connectivity index (χ0v) is 12.2. The van der Waals surface area contributed by atoms with Crippen LogP contribution in [-0.4, -0.2) is 43.8 Å². The highest BCUT2D eigenvalue weighted by Gasteiger charge is 2.37. The molecule has 1 atom stereocenters. The van der Waals surface area contributed by atoms with Crippen LogP contribution in [0.3, 0.4) is 0 Å². The van der Waals surface area contributed by atoms with E-state index in [1.165, 1.54) is 12.1 Å². The van der Waals surface area contributed by atoms with Gasteiger partial charge in [-0.2, -0.15) is 0 Å². The standard InChI is InChI=1S/C15H22F2N2O/c1-15(2,19-6-8-20-9-7-19)14(18-3)12-5-4-11(16)10-13(12)17/h4-5,10,14,18H,6-9H2,1-3H3. The van der Waals surface area contributed by atoms with Crippen LogP contribution in [0.25, 0.3) is 0 Å². The van der Waals surface area contributed by atoms with E-state index in [2.05, 4.69) is 24.1 Å². The van der Waals surface area contributed by atoms with Crippen molar-refractivity contribution in [2.75, 3.05) is 33.4 Å². The molecule has 1 saturated heterocycles. The van der Waals surface area contributed by atoms with Gasteiger partial charge >= 0.3 is 0 Å². The lowest BCUT2D eigenvalue weighted by Gasteiger charge is -2.46. The molecule has 1 heterocycles. The minimum absolute atomic E-state index is 0.221. The molecule has 0 amide bonds. The Balaban J connectivity index is 2.29. The van der Waals surface area contributed by atoms with Gasteiger partial charge in [0, 0.05) is 30.3 Å². The summed E-state index contributed by atoms with van der Waals surface area (Å²) in [4.78, 5) is 2.28. The number of ether oxygens (including phenoxy) is 1. The van der Waals surface area contributed by atoms with Crippen LogP contribution >= 0.6 is 0 Å². The Morgan fingerprint density at radius 1 is 1.25 bits per heavy atom. The van der Waals surface area contributed by atoms with Gasteiger partial charge in [-0.3, -0.25) is 4.90 Å². The number of likely N-dealkylation sites (N-methyl/N-ethyl adjacent to an activating group) is 1. The Hall–Kier alpha value is -1.04. The van der Waals surface area contributed by atoms with Crippen molar-refractivity contribution in [3.05, 3.63) is 35.4 Å². The molecule has 0 bridgehead atoms. The van der Waals surface area contributed by atoms with Crippen LogP contribution < -0.4 is 5.32 Å². The van der Waals surface area contributed by atoms with Crippen molar-refractivity contribution in [1.82, 2.24) is 10.2 Å². The number of morpholine rings is 1. The molecular weight excluding hydrogens is 262 g/mol. The Labute approximate surface area is 118 Å². The highest BCUT2D eigenvalue weighted by Crippen LogP contribution is 2.33. The fourth-order valence-corrected chi connectivity index (χ4v) is 2.95. The van der Waals surface area contributed by atoms with Crippen molar-refractivity contribution in [2.24, 2.45) is 0 Å². The molecule has 3 nitrogen and oxygen atoms in total. The Bertz CT molecular complexity index is 459. The van der Waals surface area contributed by atoms with E-state index in [0.717, 1.165) is 19.2 Å². The molecule has 1 N–H and O–H groups in total. The Morgan fingerprint density at radius 2 is 1.90 bits per heavy atom. The second-order valence-electron chi connectivity index (χ2n) is 5.64. The summed E-state index contributed by atoms with van der Waals surface area (Å²) in [6.07, 6.45) is 0. The molecule has 1 aromatic carbocycles. The van der Waals surface area contributed by atoms with Crippen LogP contribution in [0.5, 0.6) is 0 Å². The molecule has 112 valence electrons. The summed E-state index contributed by atoms with van der Waals surface area (Å²) in [6, 6.07) is 3.54. The topological polar surface area (TPSA) is 24.5 Å². The number of hydrogen-bond donors (Lipinski definition) is 1. The van der Waals surface area contributed by atoms with Gasteiger partial charge in [0.15, 0.2) is 0 Å². The smallest absolute Gasteiger partial charge is 0.130 e. The predicted octanol–water partition coefficient (Wildman–Crippen LogP) is 2.34. The number of benzene rings is 1. The molecule has 0 radical (unpaired) electrons. The summed E-state index contributed by atoms with van der Waals surface area (Å²) in [7, 11) is 1.80. The van der Waals surface area contributed by atoms with Gasteiger partial charge in [-0.1, -0.05) is 6.07 Å². The minimum Gasteiger partial charge on any atom is -0.379 e. The summed E-state index contributed by atoms with van der Waals surface area (Å²) >= 11 is 0. The number of rotatable bonds is 4. The molecule has 2 rings (SSSR count). The lowest BCUT2D eigenvalue weighted by molar-refractivity contribution is -0.0233. The first-order chi connectivity index (χ1) is 9.46. The Kier molecular flexibility index (Phi) is 4.73. The van der Waals surface area contributed by atoms with E-state index in [4.69, 9.17) is 4.74 Å². The molecule has 0 aromatic heterocycles. The molecule has 1 fully saturated rings. The zero-order valence-electron chi connectivity index (χ0n) is 12.2. The van der Waals surface area contributed by atoms with E-state index in [9.17, 15) is 8.78 Å². The molecule has 0 spiro atoms. The van der Waals surface area contributed by atoms with Crippen LogP contribution in [0.4, 0.5) is 8.78 Å². The summed E-state index contributed by atoms with van der Waals surface area (Å²) in [5.41, 5.74) is 0.197. The van der Waals surface area contributed by atoms with E-state index in [1.807, 2.05) is 0 Å². The number of nitrogens with zero attached hydrogens (tertiary/aromatic N) is 1. The maximum absolute atomic E-state index is 14.1. The fraction of sp³-hybridized carbons (Fsp3) is 0.600. The molecule has 0 aliphatic carbocycles. The van der Waals surface area contributed by atoms with Crippen molar-refractivity contribution < 1.29 is 13.5 Å². The normalized spacial score (nSPS) is 19.1. The third kappa shape index (κ3) is 3.00. The predicted molar refractivity (Wildman–Crippen MR) is 74.6 cm³/mol. The van der Waals surface area contributed by atoms with E-state index in [0.29, 0.717) is 18.8 Å². The first-order valence-corrected chi connectivity index (χ1v) is 6.92. The highest BCUT2D eigenvalue weighted by atomic mass is 19.1. The highest BCUT2D eigenvalue weighted by molar-refractivity contribution is 5.25. The lowest BCUT2D eigenvalue weighted by Crippen LogP contribution is -2.55. The van der Waals surface area contributed by atoms with E-state index < -0.39 is 11.6 Å². The van der Waals surface area contributed by atoms with Crippen molar-refractivity contribution in [2.45, 2.75) is 25.4 Å². The summed E-state index contributed by atoms with van der Waals surface area (Å²) in [5, 5.41) is 3.17. The first kappa shape index (κ1) is 15.4. The molecule has 1 unspecified atom stereocenters. The van der Waals surface area contributed by atoms with E-state index >= 15 is 0 Å². The second kappa shape index (κ2) is 6.16. The van der Waals surface area contributed by atoms with Crippen LogP contribution in [0, 0.1) is 11.6 Å². The van der Waals surface area contributed by atoms with Gasteiger partial charge in [0.05, 0.1) is 19.3 Å². The molecule has 5 heteroatoms. The van der Waals surface area contributed by atoms with Gasteiger partial charge in [-0.05, 0) is 27.0 Å². The van der Waals surface area contributed by atoms with Crippen LogP contribution in [0.2, 0.25) is 0 Å². The average molecular weight is 284 g/mol. The van der Waals surface area contributed by atoms with Crippen molar-refractivity contribution in [1.29, 1.82) is 0 Å². The second-order valence-corrected chi connectivity index (χ2v) is 5.64. The third-order valence-electron chi connectivity index (χ3n) is 4.09. The van der Waals surface area contributed by atoms with E-state index in [-0.39, 0.29) is 11.6 Å². The van der Waals surface area contributed by atoms with Crippen molar-refractivity contribution in [3.8, 4) is 0 Å². The van der Waals surface area contributed by atoms with Gasteiger partial charge in [0.1, 0.15) is 11.6 Å². The van der Waals surface area contributed by atoms with Crippen LogP contribution in [0.1, 0.15) is 25.5 Å². The van der Waals surface area contributed by atoms with Crippen LogP contribution in [-0.2, 0) is 4.74 Å². The lowest BCUT2D eigenvalue weighted by atomic mass is 9.86. The third-order valence-corrected chi connectivity index (χ3v) is 4.09. The Morgan fingerprint density at radius 3 is 2.45 bits per heavy atom. The summed E-state index contributed by atoms with van der Waals surface area (Å²) < 4.78 is 32.5. The fourth-order valence-electron chi connectivity index (χ4n) is 2.95. The molecule has 1 aliphatic heterocycles. The molecule has 0 saturated carbocycles. The van der Waals surface area contributed by atoms with Crippen LogP contribution in [0.15, 0.2) is 18.2 Å². The quantitative estimate of drug-likeness (QED) is 0.918. The average Bonchev–Trinajstić information content (AvgIpc) is 2.43. The summed E-state index contributed by atoms with van der Waals surface area (Å²) in [5.74, 6) is -1.06. The molecule has 1 aliphatic rings.